The van der Waals surface area contributed by atoms with Gasteiger partial charge in [0.25, 0.3) is 10.0 Å². The van der Waals surface area contributed by atoms with E-state index in [9.17, 15) is 18.0 Å². The largest absolute Gasteiger partial charge is 0.355 e. The van der Waals surface area contributed by atoms with Gasteiger partial charge >= 0.3 is 0 Å². The monoisotopic (exact) mass is 589 g/mol. The van der Waals surface area contributed by atoms with Crippen molar-refractivity contribution in [3.63, 3.8) is 0 Å². The lowest BCUT2D eigenvalue weighted by atomic mass is 10.1. The van der Waals surface area contributed by atoms with Crippen LogP contribution in [-0.4, -0.2) is 44.3 Å². The van der Waals surface area contributed by atoms with Crippen LogP contribution in [0.3, 0.4) is 0 Å². The summed E-state index contributed by atoms with van der Waals surface area (Å²) in [6.07, 6.45) is 0.893. The normalized spacial score (nSPS) is 12.0. The number of hydrogen-bond donors (Lipinski definition) is 1. The van der Waals surface area contributed by atoms with Gasteiger partial charge in [0.15, 0.2) is 0 Å². The summed E-state index contributed by atoms with van der Waals surface area (Å²) in [6, 6.07) is 19.3. The average molecular weight is 591 g/mol. The molecule has 0 saturated carbocycles. The SMILES string of the molecule is CCNC(=O)[C@@H](CC)N(Cc1ccc(Cl)c(Cl)c1)C(=O)CN(c1ccccc1CC)S(=O)(=O)c1ccccc1. The topological polar surface area (TPSA) is 86.8 Å². The van der Waals surface area contributed by atoms with Crippen molar-refractivity contribution in [2.45, 2.75) is 51.1 Å². The Bertz CT molecular complexity index is 1400. The first-order valence-electron chi connectivity index (χ1n) is 12.8. The Kier molecular flexibility index (Phi) is 10.8. The lowest BCUT2D eigenvalue weighted by Gasteiger charge is -2.33. The average Bonchev–Trinajstić information content (AvgIpc) is 2.94. The van der Waals surface area contributed by atoms with Crippen molar-refractivity contribution in [1.29, 1.82) is 0 Å². The second-order valence-corrected chi connectivity index (χ2v) is 11.6. The molecule has 7 nitrogen and oxygen atoms in total. The van der Waals surface area contributed by atoms with Gasteiger partial charge in [-0.05, 0) is 61.2 Å². The van der Waals surface area contributed by atoms with E-state index in [0.717, 1.165) is 9.87 Å². The number of rotatable bonds is 12. The summed E-state index contributed by atoms with van der Waals surface area (Å²) in [7, 11) is -4.12. The fourth-order valence-corrected chi connectivity index (χ4v) is 6.13. The molecule has 3 aromatic carbocycles. The summed E-state index contributed by atoms with van der Waals surface area (Å²) >= 11 is 12.3. The number of sulfonamides is 1. The van der Waals surface area contributed by atoms with Crippen molar-refractivity contribution in [2.24, 2.45) is 0 Å². The summed E-state index contributed by atoms with van der Waals surface area (Å²) in [4.78, 5) is 28.5. The van der Waals surface area contributed by atoms with Gasteiger partial charge in [0.05, 0.1) is 20.6 Å². The van der Waals surface area contributed by atoms with Gasteiger partial charge < -0.3 is 10.2 Å². The van der Waals surface area contributed by atoms with Gasteiger partial charge in [-0.25, -0.2) is 8.42 Å². The van der Waals surface area contributed by atoms with E-state index in [0.29, 0.717) is 40.7 Å². The Labute approximate surface area is 240 Å². The molecule has 1 N–H and O–H groups in total. The smallest absolute Gasteiger partial charge is 0.264 e. The maximum atomic E-state index is 14.1. The lowest BCUT2D eigenvalue weighted by molar-refractivity contribution is -0.140. The maximum absolute atomic E-state index is 14.1. The van der Waals surface area contributed by atoms with Crippen LogP contribution in [0.25, 0.3) is 0 Å². The van der Waals surface area contributed by atoms with E-state index in [1.807, 2.05) is 19.1 Å². The first-order chi connectivity index (χ1) is 18.6. The van der Waals surface area contributed by atoms with E-state index >= 15 is 0 Å². The minimum absolute atomic E-state index is 0.0417. The predicted octanol–water partition coefficient (Wildman–Crippen LogP) is 5.69. The Balaban J connectivity index is 2.10. The Hall–Kier alpha value is -3.07. The number of anilines is 1. The van der Waals surface area contributed by atoms with E-state index in [1.165, 1.54) is 17.0 Å². The van der Waals surface area contributed by atoms with E-state index in [-0.39, 0.29) is 17.3 Å². The Morgan fingerprint density at radius 2 is 1.56 bits per heavy atom. The fourth-order valence-electron chi connectivity index (χ4n) is 4.33. The van der Waals surface area contributed by atoms with Gasteiger partial charge in [0.2, 0.25) is 11.8 Å². The van der Waals surface area contributed by atoms with Crippen molar-refractivity contribution in [1.82, 2.24) is 10.2 Å². The van der Waals surface area contributed by atoms with Gasteiger partial charge in [-0.2, -0.15) is 0 Å². The minimum Gasteiger partial charge on any atom is -0.355 e. The quantitative estimate of drug-likeness (QED) is 0.294. The molecule has 0 fully saturated rings. The number of hydrogen-bond acceptors (Lipinski definition) is 4. The summed E-state index contributed by atoms with van der Waals surface area (Å²) in [5, 5.41) is 3.47. The first kappa shape index (κ1) is 30.5. The minimum atomic E-state index is -4.12. The van der Waals surface area contributed by atoms with Crippen LogP contribution in [-0.2, 0) is 32.6 Å². The fraction of sp³-hybridized carbons (Fsp3) is 0.310. The number of aryl methyl sites for hydroxylation is 1. The maximum Gasteiger partial charge on any atom is 0.264 e. The standard InChI is InChI=1S/C29H33Cl2N3O4S/c1-4-22-12-10-11-15-27(22)34(39(37,38)23-13-8-7-9-14-23)20-28(35)33(26(5-2)29(36)32-6-3)19-21-16-17-24(30)25(31)18-21/h7-18,26H,4-6,19-20H2,1-3H3,(H,32,36)/t26-/m1/s1. The summed E-state index contributed by atoms with van der Waals surface area (Å²) in [5.41, 5.74) is 1.85. The molecular weight excluding hydrogens is 557 g/mol. The number of carbonyl (C=O) groups excluding carboxylic acids is 2. The number of nitrogens with one attached hydrogen (secondary N) is 1. The molecule has 0 unspecified atom stereocenters. The molecule has 0 aromatic heterocycles. The third kappa shape index (κ3) is 7.32. The molecule has 0 heterocycles. The molecule has 2 amide bonds. The van der Waals surface area contributed by atoms with Gasteiger partial charge in [0, 0.05) is 13.1 Å². The number of para-hydroxylation sites is 1. The molecule has 0 spiro atoms. The summed E-state index contributed by atoms with van der Waals surface area (Å²) in [5.74, 6) is -0.843. The molecule has 0 aliphatic carbocycles. The highest BCUT2D eigenvalue weighted by Gasteiger charge is 2.34. The van der Waals surface area contributed by atoms with E-state index in [4.69, 9.17) is 23.2 Å². The molecular formula is C29H33Cl2N3O4S. The van der Waals surface area contributed by atoms with Crippen LogP contribution >= 0.6 is 23.2 Å². The third-order valence-corrected chi connectivity index (χ3v) is 8.84. The number of halogens is 2. The summed E-state index contributed by atoms with van der Waals surface area (Å²) in [6.45, 7) is 5.46. The molecule has 0 aliphatic rings. The van der Waals surface area contributed by atoms with Gasteiger partial charge in [-0.3, -0.25) is 13.9 Å². The van der Waals surface area contributed by atoms with Gasteiger partial charge in [-0.1, -0.05) is 79.5 Å². The van der Waals surface area contributed by atoms with Crippen molar-refractivity contribution in [3.8, 4) is 0 Å². The number of benzene rings is 3. The highest BCUT2D eigenvalue weighted by molar-refractivity contribution is 7.92. The number of likely N-dealkylation sites (N-methyl/N-ethyl adjacent to an activating group) is 1. The van der Waals surface area contributed by atoms with Crippen LogP contribution in [0, 0.1) is 0 Å². The van der Waals surface area contributed by atoms with Crippen LogP contribution in [0.2, 0.25) is 10.0 Å². The summed E-state index contributed by atoms with van der Waals surface area (Å²) < 4.78 is 29.0. The second kappa shape index (κ2) is 13.8. The van der Waals surface area contributed by atoms with E-state index in [2.05, 4.69) is 5.32 Å². The molecule has 0 saturated heterocycles. The Morgan fingerprint density at radius 3 is 2.18 bits per heavy atom. The molecule has 1 atom stereocenters. The van der Waals surface area contributed by atoms with Crippen molar-refractivity contribution >= 4 is 50.7 Å². The van der Waals surface area contributed by atoms with Crippen molar-refractivity contribution < 1.29 is 18.0 Å². The number of nitrogens with zero attached hydrogens (tertiary/aromatic N) is 2. The predicted molar refractivity (Wildman–Crippen MR) is 157 cm³/mol. The molecule has 0 aliphatic heterocycles. The number of amides is 2. The van der Waals surface area contributed by atoms with Crippen LogP contribution < -0.4 is 9.62 Å². The van der Waals surface area contributed by atoms with Crippen LogP contribution in [0.4, 0.5) is 5.69 Å². The van der Waals surface area contributed by atoms with Crippen molar-refractivity contribution in [3.05, 3.63) is 94.0 Å². The molecule has 208 valence electrons. The molecule has 0 radical (unpaired) electrons. The number of carbonyl (C=O) groups is 2. The zero-order valence-electron chi connectivity index (χ0n) is 22.2. The first-order valence-corrected chi connectivity index (χ1v) is 15.0. The van der Waals surface area contributed by atoms with Crippen LogP contribution in [0.5, 0.6) is 0 Å². The molecule has 39 heavy (non-hydrogen) atoms. The van der Waals surface area contributed by atoms with Crippen LogP contribution in [0.1, 0.15) is 38.3 Å². The highest BCUT2D eigenvalue weighted by Crippen LogP contribution is 2.29. The van der Waals surface area contributed by atoms with Crippen molar-refractivity contribution in [2.75, 3.05) is 17.4 Å². The zero-order chi connectivity index (χ0) is 28.6. The third-order valence-electron chi connectivity index (χ3n) is 6.33. The van der Waals surface area contributed by atoms with Gasteiger partial charge in [0.1, 0.15) is 12.6 Å². The zero-order valence-corrected chi connectivity index (χ0v) is 24.6. The van der Waals surface area contributed by atoms with E-state index in [1.54, 1.807) is 62.4 Å². The molecule has 0 bridgehead atoms. The molecule has 10 heteroatoms. The van der Waals surface area contributed by atoms with Gasteiger partial charge in [-0.15, -0.1) is 0 Å². The lowest BCUT2D eigenvalue weighted by Crippen LogP contribution is -2.52. The Morgan fingerprint density at radius 1 is 0.897 bits per heavy atom. The highest BCUT2D eigenvalue weighted by atomic mass is 35.5. The molecule has 3 rings (SSSR count). The van der Waals surface area contributed by atoms with E-state index < -0.39 is 28.5 Å². The second-order valence-electron chi connectivity index (χ2n) is 8.90. The molecule has 3 aromatic rings. The van der Waals surface area contributed by atoms with Crippen LogP contribution in [0.15, 0.2) is 77.7 Å².